The highest BCUT2D eigenvalue weighted by molar-refractivity contribution is 5.95. The fourth-order valence-corrected chi connectivity index (χ4v) is 5.76. The van der Waals surface area contributed by atoms with Crippen LogP contribution in [0, 0.1) is 30.1 Å². The molecule has 1 N–H and O–H groups in total. The van der Waals surface area contributed by atoms with Crippen LogP contribution in [0.15, 0.2) is 16.7 Å². The lowest BCUT2D eigenvalue weighted by atomic mass is 9.48. The van der Waals surface area contributed by atoms with Crippen molar-refractivity contribution in [2.45, 2.75) is 58.4 Å². The third-order valence-electron chi connectivity index (χ3n) is 6.46. The molecule has 0 spiro atoms. The zero-order valence-corrected chi connectivity index (χ0v) is 13.0. The number of carbonyl (C=O) groups excluding carboxylic acids is 1. The third kappa shape index (κ3) is 2.13. The fraction of sp³-hybridized carbons (Fsp3) is 0.722. The van der Waals surface area contributed by atoms with Crippen LogP contribution in [0.2, 0.25) is 0 Å². The summed E-state index contributed by atoms with van der Waals surface area (Å²) in [4.78, 5) is 12.5. The van der Waals surface area contributed by atoms with Crippen molar-refractivity contribution in [2.75, 3.05) is 0 Å². The van der Waals surface area contributed by atoms with Gasteiger partial charge in [-0.2, -0.15) is 0 Å². The van der Waals surface area contributed by atoms with Gasteiger partial charge in [0.15, 0.2) is 0 Å². The van der Waals surface area contributed by atoms with Crippen molar-refractivity contribution < 1.29 is 9.21 Å². The summed E-state index contributed by atoms with van der Waals surface area (Å²) in [5, 5.41) is 3.28. The Morgan fingerprint density at radius 1 is 1.24 bits per heavy atom. The molecule has 0 aliphatic heterocycles. The second kappa shape index (κ2) is 4.62. The molecule has 5 rings (SSSR count). The van der Waals surface area contributed by atoms with E-state index < -0.39 is 0 Å². The average molecular weight is 287 g/mol. The van der Waals surface area contributed by atoms with Crippen LogP contribution in [0.5, 0.6) is 0 Å². The molecular weight excluding hydrogens is 262 g/mol. The Morgan fingerprint density at radius 3 is 2.29 bits per heavy atom. The van der Waals surface area contributed by atoms with E-state index in [4.69, 9.17) is 4.42 Å². The summed E-state index contributed by atoms with van der Waals surface area (Å²) in [5.41, 5.74) is 1.05. The van der Waals surface area contributed by atoms with Gasteiger partial charge in [0, 0.05) is 6.04 Å². The zero-order valence-electron chi connectivity index (χ0n) is 13.0. The number of rotatable bonds is 3. The second-order valence-corrected chi connectivity index (χ2v) is 7.87. The summed E-state index contributed by atoms with van der Waals surface area (Å²) in [7, 11) is 0. The smallest absolute Gasteiger partial charge is 0.255 e. The molecule has 114 valence electrons. The van der Waals surface area contributed by atoms with E-state index in [0.29, 0.717) is 16.7 Å². The monoisotopic (exact) mass is 287 g/mol. The first-order chi connectivity index (χ1) is 10.1. The summed E-state index contributed by atoms with van der Waals surface area (Å²) in [5.74, 6) is 3.51. The van der Waals surface area contributed by atoms with Crippen molar-refractivity contribution in [3.63, 3.8) is 0 Å². The van der Waals surface area contributed by atoms with E-state index in [1.807, 2.05) is 6.92 Å². The van der Waals surface area contributed by atoms with Crippen LogP contribution in [-0.2, 0) is 0 Å². The summed E-state index contributed by atoms with van der Waals surface area (Å²) >= 11 is 0. The highest BCUT2D eigenvalue weighted by Gasteiger charge is 2.53. The van der Waals surface area contributed by atoms with Crippen LogP contribution in [0.4, 0.5) is 0 Å². The van der Waals surface area contributed by atoms with Gasteiger partial charge in [0.2, 0.25) is 0 Å². The molecule has 4 fully saturated rings. The Bertz CT molecular complexity index is 524. The van der Waals surface area contributed by atoms with E-state index in [9.17, 15) is 4.79 Å². The lowest BCUT2D eigenvalue weighted by Gasteiger charge is -2.59. The summed E-state index contributed by atoms with van der Waals surface area (Å²) in [6, 6.07) is 2.05. The topological polar surface area (TPSA) is 42.2 Å². The highest BCUT2D eigenvalue weighted by Crippen LogP contribution is 2.61. The van der Waals surface area contributed by atoms with Gasteiger partial charge in [0.05, 0.1) is 11.8 Å². The molecule has 1 amide bonds. The van der Waals surface area contributed by atoms with Gasteiger partial charge in [-0.3, -0.25) is 4.79 Å². The van der Waals surface area contributed by atoms with E-state index in [0.717, 1.165) is 17.8 Å². The van der Waals surface area contributed by atoms with Crippen molar-refractivity contribution >= 4 is 5.91 Å². The maximum atomic E-state index is 12.5. The van der Waals surface area contributed by atoms with E-state index in [1.54, 1.807) is 12.3 Å². The van der Waals surface area contributed by atoms with Crippen molar-refractivity contribution in [2.24, 2.45) is 23.2 Å². The van der Waals surface area contributed by atoms with E-state index in [-0.39, 0.29) is 11.9 Å². The Kier molecular flexibility index (Phi) is 2.95. The molecule has 4 bridgehead atoms. The third-order valence-corrected chi connectivity index (χ3v) is 6.46. The van der Waals surface area contributed by atoms with Gasteiger partial charge in [0.25, 0.3) is 5.91 Å². The summed E-state index contributed by atoms with van der Waals surface area (Å²) in [6.07, 6.45) is 9.91. The number of carbonyl (C=O) groups is 1. The number of hydrogen-bond acceptors (Lipinski definition) is 2. The second-order valence-electron chi connectivity index (χ2n) is 7.87. The van der Waals surface area contributed by atoms with Crippen LogP contribution < -0.4 is 5.32 Å². The zero-order chi connectivity index (χ0) is 14.6. The van der Waals surface area contributed by atoms with Crippen molar-refractivity contribution in [3.05, 3.63) is 23.7 Å². The minimum absolute atomic E-state index is 0.0319. The highest BCUT2D eigenvalue weighted by atomic mass is 16.3. The number of amides is 1. The molecule has 0 aromatic carbocycles. The van der Waals surface area contributed by atoms with Crippen LogP contribution in [0.3, 0.4) is 0 Å². The van der Waals surface area contributed by atoms with Gasteiger partial charge in [-0.15, -0.1) is 0 Å². The molecule has 21 heavy (non-hydrogen) atoms. The minimum Gasteiger partial charge on any atom is -0.469 e. The number of nitrogens with one attached hydrogen (secondary N) is 1. The summed E-state index contributed by atoms with van der Waals surface area (Å²) < 4.78 is 5.26. The maximum absolute atomic E-state index is 12.5. The van der Waals surface area contributed by atoms with Crippen LogP contribution in [-0.4, -0.2) is 11.9 Å². The number of aryl methyl sites for hydroxylation is 1. The quantitative estimate of drug-likeness (QED) is 0.915. The van der Waals surface area contributed by atoms with Crippen LogP contribution in [0.25, 0.3) is 0 Å². The van der Waals surface area contributed by atoms with Gasteiger partial charge in [0.1, 0.15) is 5.76 Å². The average Bonchev–Trinajstić information content (AvgIpc) is 2.83. The molecule has 4 aliphatic rings. The largest absolute Gasteiger partial charge is 0.469 e. The lowest BCUT2D eigenvalue weighted by Crippen LogP contribution is -2.55. The molecule has 1 heterocycles. The Hall–Kier alpha value is -1.25. The first-order valence-corrected chi connectivity index (χ1v) is 8.41. The van der Waals surface area contributed by atoms with E-state index in [1.165, 1.54) is 38.5 Å². The molecule has 0 saturated heterocycles. The number of furan rings is 1. The first-order valence-electron chi connectivity index (χ1n) is 8.41. The van der Waals surface area contributed by atoms with Gasteiger partial charge in [-0.1, -0.05) is 0 Å². The van der Waals surface area contributed by atoms with Crippen molar-refractivity contribution in [1.82, 2.24) is 5.32 Å². The fourth-order valence-electron chi connectivity index (χ4n) is 5.76. The van der Waals surface area contributed by atoms with E-state index in [2.05, 4.69) is 12.2 Å². The molecule has 1 atom stereocenters. The van der Waals surface area contributed by atoms with Gasteiger partial charge in [-0.05, 0) is 81.6 Å². The standard InChI is InChI=1S/C18H25NO2/c1-11-16(3-4-21-11)17(20)19-12(2)18-8-13-5-14(9-18)7-15(6-13)10-18/h3-4,12-15H,5-10H2,1-2H3,(H,19,20)/t12-,13?,14?,15?,18?/m1/s1. The normalized spacial score (nSPS) is 38.5. The molecular formula is C18H25NO2. The molecule has 0 unspecified atom stereocenters. The maximum Gasteiger partial charge on any atom is 0.255 e. The molecule has 1 aromatic heterocycles. The van der Waals surface area contributed by atoms with Gasteiger partial charge < -0.3 is 9.73 Å². The lowest BCUT2D eigenvalue weighted by molar-refractivity contribution is -0.0688. The molecule has 0 radical (unpaired) electrons. The first kappa shape index (κ1) is 13.4. The van der Waals surface area contributed by atoms with Crippen LogP contribution in [0.1, 0.15) is 61.6 Å². The van der Waals surface area contributed by atoms with E-state index >= 15 is 0 Å². The molecule has 4 aliphatic carbocycles. The molecule has 3 nitrogen and oxygen atoms in total. The predicted octanol–water partition coefficient (Wildman–Crippen LogP) is 3.92. The Balaban J connectivity index is 1.51. The van der Waals surface area contributed by atoms with Gasteiger partial charge in [-0.25, -0.2) is 0 Å². The van der Waals surface area contributed by atoms with Gasteiger partial charge >= 0.3 is 0 Å². The SMILES string of the molecule is Cc1occc1C(=O)N[C@H](C)C12CC3CC(CC(C3)C1)C2. The summed E-state index contributed by atoms with van der Waals surface area (Å²) in [6.45, 7) is 4.07. The van der Waals surface area contributed by atoms with Crippen molar-refractivity contribution in [1.29, 1.82) is 0 Å². The van der Waals surface area contributed by atoms with Crippen LogP contribution >= 0.6 is 0 Å². The molecule has 1 aromatic rings. The molecule has 4 saturated carbocycles. The Morgan fingerprint density at radius 2 is 1.81 bits per heavy atom. The van der Waals surface area contributed by atoms with Crippen molar-refractivity contribution in [3.8, 4) is 0 Å². The number of hydrogen-bond donors (Lipinski definition) is 1. The Labute approximate surface area is 126 Å². The minimum atomic E-state index is 0.0319. The molecule has 3 heteroatoms. The predicted molar refractivity (Wildman–Crippen MR) is 81.0 cm³/mol.